The number of carbonyl (C=O) groups is 1. The van der Waals surface area contributed by atoms with Crippen molar-refractivity contribution in [2.45, 2.75) is 57.3 Å². The molecular weight excluding hydrogens is 284 g/mol. The number of aromatic nitrogens is 1. The first-order chi connectivity index (χ1) is 10.2. The van der Waals surface area contributed by atoms with Crippen molar-refractivity contribution in [3.8, 4) is 0 Å². The fourth-order valence-corrected chi connectivity index (χ4v) is 4.19. The van der Waals surface area contributed by atoms with Crippen LogP contribution < -0.4 is 0 Å². The Morgan fingerprint density at radius 3 is 2.48 bits per heavy atom. The van der Waals surface area contributed by atoms with Crippen molar-refractivity contribution in [1.82, 2.24) is 9.88 Å². The van der Waals surface area contributed by atoms with E-state index >= 15 is 0 Å². The number of carboxylic acids is 1. The Hall–Kier alpha value is -0.940. The fourth-order valence-electron chi connectivity index (χ4n) is 3.21. The van der Waals surface area contributed by atoms with E-state index < -0.39 is 5.97 Å². The first kappa shape index (κ1) is 15.0. The van der Waals surface area contributed by atoms with Crippen molar-refractivity contribution < 1.29 is 9.90 Å². The summed E-state index contributed by atoms with van der Waals surface area (Å²) in [5, 5.41) is 10.4. The Bertz CT molecular complexity index is 488. The minimum Gasteiger partial charge on any atom is -0.477 e. The molecule has 1 aromatic rings. The first-order valence-electron chi connectivity index (χ1n) is 8.19. The maximum Gasteiger partial charge on any atom is 0.347 e. The minimum absolute atomic E-state index is 0.402. The SMILES string of the molecule is O=C(O)c1sc(CCN2CCCCCC2)nc1C1CCC1. The van der Waals surface area contributed by atoms with Gasteiger partial charge in [0.15, 0.2) is 0 Å². The first-order valence-corrected chi connectivity index (χ1v) is 9.01. The number of likely N-dealkylation sites (tertiary alicyclic amines) is 1. The molecule has 2 fully saturated rings. The number of carboxylic acid groups (broad SMARTS) is 1. The average molecular weight is 308 g/mol. The van der Waals surface area contributed by atoms with E-state index in [0.29, 0.717) is 10.8 Å². The van der Waals surface area contributed by atoms with Crippen LogP contribution in [0.5, 0.6) is 0 Å². The van der Waals surface area contributed by atoms with Crippen LogP contribution in [0, 0.1) is 0 Å². The molecule has 0 bridgehead atoms. The van der Waals surface area contributed by atoms with Crippen LogP contribution in [0.4, 0.5) is 0 Å². The lowest BCUT2D eigenvalue weighted by Gasteiger charge is -2.24. The molecule has 0 amide bonds. The molecule has 0 spiro atoms. The van der Waals surface area contributed by atoms with Gasteiger partial charge in [-0.2, -0.15) is 0 Å². The highest BCUT2D eigenvalue weighted by Crippen LogP contribution is 2.39. The fraction of sp³-hybridized carbons (Fsp3) is 0.750. The van der Waals surface area contributed by atoms with Gasteiger partial charge in [0.2, 0.25) is 0 Å². The van der Waals surface area contributed by atoms with Crippen LogP contribution in [-0.2, 0) is 6.42 Å². The predicted molar refractivity (Wildman–Crippen MR) is 84.3 cm³/mol. The lowest BCUT2D eigenvalue weighted by molar-refractivity contribution is 0.0699. The number of hydrogen-bond acceptors (Lipinski definition) is 4. The molecule has 1 saturated carbocycles. The van der Waals surface area contributed by atoms with Crippen LogP contribution in [0.25, 0.3) is 0 Å². The number of hydrogen-bond donors (Lipinski definition) is 1. The van der Waals surface area contributed by atoms with Gasteiger partial charge < -0.3 is 10.0 Å². The molecule has 1 N–H and O–H groups in total. The van der Waals surface area contributed by atoms with Crippen LogP contribution in [0.2, 0.25) is 0 Å². The molecule has 116 valence electrons. The van der Waals surface area contributed by atoms with Crippen molar-refractivity contribution in [2.75, 3.05) is 19.6 Å². The molecule has 2 aliphatic rings. The second-order valence-corrected chi connectivity index (χ2v) is 7.34. The van der Waals surface area contributed by atoms with Crippen LogP contribution in [0.3, 0.4) is 0 Å². The molecule has 0 radical (unpaired) electrons. The number of nitrogens with zero attached hydrogens (tertiary/aromatic N) is 2. The van der Waals surface area contributed by atoms with Crippen molar-refractivity contribution in [3.63, 3.8) is 0 Å². The molecule has 5 heteroatoms. The zero-order chi connectivity index (χ0) is 14.7. The average Bonchev–Trinajstić information content (AvgIpc) is 2.64. The standard InChI is InChI=1S/C16H24N2O2S/c19-16(20)15-14(12-6-5-7-12)17-13(21-15)8-11-18-9-3-1-2-4-10-18/h12H,1-11H2,(H,19,20). The molecule has 4 nitrogen and oxygen atoms in total. The quantitative estimate of drug-likeness (QED) is 0.904. The maximum atomic E-state index is 11.4. The molecule has 0 unspecified atom stereocenters. The van der Waals surface area contributed by atoms with Crippen molar-refractivity contribution in [1.29, 1.82) is 0 Å². The molecule has 1 saturated heterocycles. The van der Waals surface area contributed by atoms with Crippen molar-refractivity contribution in [2.24, 2.45) is 0 Å². The summed E-state index contributed by atoms with van der Waals surface area (Å²) in [6.45, 7) is 3.40. The smallest absolute Gasteiger partial charge is 0.347 e. The summed E-state index contributed by atoms with van der Waals surface area (Å²) < 4.78 is 0. The van der Waals surface area contributed by atoms with E-state index in [-0.39, 0.29) is 0 Å². The van der Waals surface area contributed by atoms with Gasteiger partial charge in [-0.1, -0.05) is 19.3 Å². The molecule has 1 aliphatic carbocycles. The minimum atomic E-state index is -0.796. The second-order valence-electron chi connectivity index (χ2n) is 6.26. The lowest BCUT2D eigenvalue weighted by atomic mass is 9.82. The summed E-state index contributed by atoms with van der Waals surface area (Å²) in [5.74, 6) is -0.394. The Morgan fingerprint density at radius 2 is 1.90 bits per heavy atom. The zero-order valence-corrected chi connectivity index (χ0v) is 13.3. The van der Waals surface area contributed by atoms with Gasteiger partial charge in [0.05, 0.1) is 10.7 Å². The topological polar surface area (TPSA) is 53.4 Å². The highest BCUT2D eigenvalue weighted by Gasteiger charge is 2.28. The van der Waals surface area contributed by atoms with E-state index in [1.807, 2.05) is 0 Å². The van der Waals surface area contributed by atoms with Gasteiger partial charge in [0.25, 0.3) is 0 Å². The maximum absolute atomic E-state index is 11.4. The van der Waals surface area contributed by atoms with E-state index in [9.17, 15) is 9.90 Å². The molecule has 1 aliphatic heterocycles. The van der Waals surface area contributed by atoms with Gasteiger partial charge in [-0.05, 0) is 38.8 Å². The number of aromatic carboxylic acids is 1. The monoisotopic (exact) mass is 308 g/mol. The molecule has 1 aromatic heterocycles. The van der Waals surface area contributed by atoms with Crippen LogP contribution in [0.15, 0.2) is 0 Å². The molecular formula is C16H24N2O2S. The van der Waals surface area contributed by atoms with Crippen LogP contribution in [0.1, 0.15) is 71.2 Å². The van der Waals surface area contributed by atoms with E-state index in [4.69, 9.17) is 0 Å². The van der Waals surface area contributed by atoms with Gasteiger partial charge in [0, 0.05) is 18.9 Å². The third-order valence-electron chi connectivity index (χ3n) is 4.72. The third-order valence-corrected chi connectivity index (χ3v) is 5.84. The van der Waals surface area contributed by atoms with Crippen LogP contribution in [-0.4, -0.2) is 40.6 Å². The predicted octanol–water partition coefficient (Wildman–Crippen LogP) is 3.53. The normalized spacial score (nSPS) is 21.0. The summed E-state index contributed by atoms with van der Waals surface area (Å²) in [4.78, 5) is 19.1. The Kier molecular flexibility index (Phi) is 4.91. The lowest BCUT2D eigenvalue weighted by Crippen LogP contribution is -2.26. The van der Waals surface area contributed by atoms with Gasteiger partial charge in [0.1, 0.15) is 4.88 Å². The van der Waals surface area contributed by atoms with Crippen molar-refractivity contribution >= 4 is 17.3 Å². The third kappa shape index (κ3) is 3.64. The molecule has 0 atom stereocenters. The van der Waals surface area contributed by atoms with E-state index in [1.54, 1.807) is 0 Å². The largest absolute Gasteiger partial charge is 0.477 e. The van der Waals surface area contributed by atoms with Crippen molar-refractivity contribution in [3.05, 3.63) is 15.6 Å². The highest BCUT2D eigenvalue weighted by atomic mass is 32.1. The number of rotatable bonds is 5. The molecule has 3 rings (SSSR count). The summed E-state index contributed by atoms with van der Waals surface area (Å²) in [6, 6.07) is 0. The van der Waals surface area contributed by atoms with Gasteiger partial charge in [-0.3, -0.25) is 0 Å². The number of thiazole rings is 1. The summed E-state index contributed by atoms with van der Waals surface area (Å²) >= 11 is 1.40. The Morgan fingerprint density at radius 1 is 1.19 bits per heavy atom. The summed E-state index contributed by atoms with van der Waals surface area (Å²) in [7, 11) is 0. The van der Waals surface area contributed by atoms with Gasteiger partial charge in [-0.15, -0.1) is 11.3 Å². The zero-order valence-electron chi connectivity index (χ0n) is 12.5. The van der Waals surface area contributed by atoms with E-state index in [0.717, 1.165) is 36.5 Å². The highest BCUT2D eigenvalue weighted by molar-refractivity contribution is 7.13. The second kappa shape index (κ2) is 6.88. The molecule has 0 aromatic carbocycles. The van der Waals surface area contributed by atoms with E-state index in [1.165, 1.54) is 56.5 Å². The molecule has 2 heterocycles. The Labute approximate surface area is 130 Å². The summed E-state index contributed by atoms with van der Waals surface area (Å²) in [5.41, 5.74) is 0.865. The summed E-state index contributed by atoms with van der Waals surface area (Å²) in [6.07, 6.45) is 9.62. The van der Waals surface area contributed by atoms with E-state index in [2.05, 4.69) is 9.88 Å². The van der Waals surface area contributed by atoms with Crippen LogP contribution >= 0.6 is 11.3 Å². The Balaban J connectivity index is 1.63. The van der Waals surface area contributed by atoms with Gasteiger partial charge >= 0.3 is 5.97 Å². The van der Waals surface area contributed by atoms with Gasteiger partial charge in [-0.25, -0.2) is 9.78 Å². The molecule has 21 heavy (non-hydrogen) atoms.